The number of hydrogen-bond donors (Lipinski definition) is 2. The normalized spacial score (nSPS) is 21.0. The molecule has 1 saturated carbocycles. The fraction of sp³-hybridized carbons (Fsp3) is 0.391. The number of allylic oxidation sites excluding steroid dienone is 1. The summed E-state index contributed by atoms with van der Waals surface area (Å²) in [5.41, 5.74) is 5.84. The minimum atomic E-state index is -4.46. The number of hydrogen-bond acceptors (Lipinski definition) is 9. The molecule has 1 amide bonds. The molecular weight excluding hydrogens is 837 g/mol. The van der Waals surface area contributed by atoms with Crippen molar-refractivity contribution >= 4 is 61.3 Å². The molecule has 0 spiro atoms. The molecule has 3 aliphatic rings. The molecule has 11 nitrogen and oxygen atoms in total. The molecule has 5 aromatic rings. The van der Waals surface area contributed by atoms with Crippen molar-refractivity contribution < 1.29 is 22.3 Å². The molecule has 15 heteroatoms. The first-order valence-electron chi connectivity index (χ1n) is 20.6. The second-order valence-electron chi connectivity index (χ2n) is 17.3. The fourth-order valence-electron chi connectivity index (χ4n) is 8.75. The highest BCUT2D eigenvalue weighted by Crippen LogP contribution is 2.44. The maximum atomic E-state index is 15.3. The van der Waals surface area contributed by atoms with Gasteiger partial charge in [-0.2, -0.15) is 10.4 Å². The number of carbonyl (C=O) groups is 1. The molecule has 2 N–H and O–H groups in total. The maximum Gasteiger partial charge on any atom is 0.265 e. The molecule has 61 heavy (non-hydrogen) atoms. The highest BCUT2D eigenvalue weighted by atomic mass is 35.5. The lowest BCUT2D eigenvalue weighted by atomic mass is 9.72. The first-order valence-corrected chi connectivity index (χ1v) is 22.9. The number of benzene rings is 3. The minimum Gasteiger partial charge on any atom is -0.473 e. The molecule has 0 atom stereocenters. The van der Waals surface area contributed by atoms with Crippen LogP contribution in [0.25, 0.3) is 27.6 Å². The number of anilines is 1. The first kappa shape index (κ1) is 42.7. The molecular formula is C46H48Cl2FN7O4S. The van der Waals surface area contributed by atoms with Crippen LogP contribution < -0.4 is 14.4 Å². The van der Waals surface area contributed by atoms with Gasteiger partial charge in [-0.15, -0.1) is 0 Å². The van der Waals surface area contributed by atoms with E-state index >= 15 is 4.39 Å². The van der Waals surface area contributed by atoms with Gasteiger partial charge >= 0.3 is 0 Å². The van der Waals surface area contributed by atoms with E-state index in [4.69, 9.17) is 33.2 Å². The van der Waals surface area contributed by atoms with E-state index < -0.39 is 21.6 Å². The number of nitriles is 1. The molecule has 1 saturated heterocycles. The third kappa shape index (κ3) is 9.58. The Hall–Kier alpha value is -5.00. The van der Waals surface area contributed by atoms with E-state index in [0.717, 1.165) is 85.9 Å². The lowest BCUT2D eigenvalue weighted by Gasteiger charge is -2.39. The molecule has 8 rings (SSSR count). The molecule has 0 radical (unpaired) electrons. The van der Waals surface area contributed by atoms with E-state index in [2.05, 4.69) is 61.8 Å². The summed E-state index contributed by atoms with van der Waals surface area (Å²) >= 11 is 12.6. The lowest BCUT2D eigenvalue weighted by molar-refractivity contribution is 0.0377. The van der Waals surface area contributed by atoms with Crippen LogP contribution >= 0.6 is 23.2 Å². The van der Waals surface area contributed by atoms with E-state index in [1.54, 1.807) is 12.3 Å². The Balaban J connectivity index is 0.992. The van der Waals surface area contributed by atoms with Crippen molar-refractivity contribution in [2.24, 2.45) is 11.3 Å². The number of halogens is 3. The monoisotopic (exact) mass is 883 g/mol. The average Bonchev–Trinajstić information content (AvgIpc) is 3.74. The van der Waals surface area contributed by atoms with Gasteiger partial charge in [0, 0.05) is 60.3 Å². The van der Waals surface area contributed by atoms with Crippen LogP contribution in [0.4, 0.5) is 10.1 Å². The summed E-state index contributed by atoms with van der Waals surface area (Å²) in [6, 6.07) is 22.6. The van der Waals surface area contributed by atoms with Crippen LogP contribution in [0.3, 0.4) is 0 Å². The van der Waals surface area contributed by atoms with Crippen molar-refractivity contribution in [1.82, 2.24) is 24.8 Å². The van der Waals surface area contributed by atoms with E-state index in [-0.39, 0.29) is 52.1 Å². The van der Waals surface area contributed by atoms with Crippen LogP contribution in [0.15, 0.2) is 89.6 Å². The molecule has 0 unspecified atom stereocenters. The van der Waals surface area contributed by atoms with Crippen molar-refractivity contribution in [1.29, 1.82) is 5.26 Å². The topological polar surface area (TPSA) is 144 Å². The Kier molecular flexibility index (Phi) is 12.2. The van der Waals surface area contributed by atoms with Crippen molar-refractivity contribution in [3.63, 3.8) is 0 Å². The highest BCUT2D eigenvalue weighted by Gasteiger charge is 2.37. The summed E-state index contributed by atoms with van der Waals surface area (Å²) in [4.78, 5) is 22.5. The Morgan fingerprint density at radius 2 is 1.75 bits per heavy atom. The Morgan fingerprint density at radius 3 is 2.48 bits per heavy atom. The van der Waals surface area contributed by atoms with Gasteiger partial charge in [-0.3, -0.25) is 14.8 Å². The van der Waals surface area contributed by atoms with Gasteiger partial charge in [0.15, 0.2) is 0 Å². The second kappa shape index (κ2) is 17.4. The number of aromatic amines is 1. The van der Waals surface area contributed by atoms with Crippen molar-refractivity contribution in [3.8, 4) is 23.1 Å². The predicted molar refractivity (Wildman–Crippen MR) is 237 cm³/mol. The van der Waals surface area contributed by atoms with Crippen LogP contribution in [0, 0.1) is 22.7 Å². The molecule has 3 aromatic carbocycles. The van der Waals surface area contributed by atoms with Crippen molar-refractivity contribution in [2.75, 3.05) is 44.2 Å². The van der Waals surface area contributed by atoms with Gasteiger partial charge in [0.1, 0.15) is 22.2 Å². The van der Waals surface area contributed by atoms with E-state index in [1.807, 2.05) is 42.5 Å². The number of fused-ring (bicyclic) bond motifs is 1. The highest BCUT2D eigenvalue weighted by molar-refractivity contribution is 7.90. The van der Waals surface area contributed by atoms with Crippen LogP contribution in [-0.2, 0) is 10.0 Å². The van der Waals surface area contributed by atoms with Crippen LogP contribution in [0.2, 0.25) is 10.0 Å². The number of pyridine rings is 1. The molecule has 3 heterocycles. The molecule has 2 aromatic heterocycles. The Bertz CT molecular complexity index is 2630. The number of H-pyrrole nitrogens is 1. The minimum absolute atomic E-state index is 0.129. The number of piperazine rings is 1. The summed E-state index contributed by atoms with van der Waals surface area (Å²) < 4.78 is 50.4. The summed E-state index contributed by atoms with van der Waals surface area (Å²) in [5, 5.41) is 17.7. The number of aromatic nitrogens is 3. The number of alkyl halides is 1. The predicted octanol–water partition coefficient (Wildman–Crippen LogP) is 9.64. The van der Waals surface area contributed by atoms with Crippen molar-refractivity contribution in [3.05, 3.63) is 106 Å². The van der Waals surface area contributed by atoms with E-state index in [9.17, 15) is 13.2 Å². The van der Waals surface area contributed by atoms with Gasteiger partial charge in [0.05, 0.1) is 24.0 Å². The van der Waals surface area contributed by atoms with Gasteiger partial charge < -0.3 is 9.64 Å². The van der Waals surface area contributed by atoms with Crippen LogP contribution in [0.1, 0.15) is 74.7 Å². The Labute approximate surface area is 365 Å². The number of sulfonamides is 1. The zero-order chi connectivity index (χ0) is 42.9. The molecule has 1 aliphatic heterocycles. The second-order valence-corrected chi connectivity index (χ2v) is 19.8. The van der Waals surface area contributed by atoms with Gasteiger partial charge in [0.2, 0.25) is 5.88 Å². The maximum absolute atomic E-state index is 15.3. The quantitative estimate of drug-likeness (QED) is 0.133. The van der Waals surface area contributed by atoms with Gasteiger partial charge in [-0.25, -0.2) is 22.5 Å². The summed E-state index contributed by atoms with van der Waals surface area (Å²) in [5.74, 6) is -1.15. The SMILES string of the molecule is CC1(C)CCC(CN2CCN(c3ccc(C(=O)NS(=O)(=O)c4cnc(OCC5(F)CCC(C#N)CC5)c(Cl)c4)c(-c4cccc5[nH]ncc45)c3)CC2)=C(c2ccc(Cl)cc2)C1. The van der Waals surface area contributed by atoms with E-state index in [0.29, 0.717) is 24.0 Å². The molecule has 2 fully saturated rings. The van der Waals surface area contributed by atoms with E-state index in [1.165, 1.54) is 16.7 Å². The molecule has 2 aliphatic carbocycles. The summed E-state index contributed by atoms with van der Waals surface area (Å²) in [6.07, 6.45) is 7.13. The van der Waals surface area contributed by atoms with Crippen LogP contribution in [-0.4, -0.2) is 79.4 Å². The molecule has 318 valence electrons. The lowest BCUT2D eigenvalue weighted by Crippen LogP contribution is -2.47. The standard InChI is InChI=1S/C46H48Cl2FN7O4S/c1-45(2)15-14-32(39(24-45)31-6-8-33(47)9-7-31)28-55-18-20-56(21-19-55)34-10-11-37(38(22-34)36-4-3-5-42-40(36)27-52-53-42)43(57)54-61(58,59)35-23-41(48)44(51-26-35)60-29-46(49)16-12-30(25-50)13-17-46/h3-11,22-23,26-27,30H,12-21,24,28-29H2,1-2H3,(H,52,53)(H,54,57). The van der Waals surface area contributed by atoms with Gasteiger partial charge in [-0.1, -0.05) is 66.9 Å². The number of ether oxygens (including phenoxy) is 1. The van der Waals surface area contributed by atoms with Crippen LogP contribution in [0.5, 0.6) is 5.88 Å². The zero-order valence-corrected chi connectivity index (χ0v) is 36.5. The summed E-state index contributed by atoms with van der Waals surface area (Å²) in [7, 11) is -4.46. The number of amides is 1. The third-order valence-electron chi connectivity index (χ3n) is 12.4. The van der Waals surface area contributed by atoms with Gasteiger partial charge in [0.25, 0.3) is 15.9 Å². The number of nitrogens with zero attached hydrogens (tertiary/aromatic N) is 5. The summed E-state index contributed by atoms with van der Waals surface area (Å²) in [6.45, 7) is 8.50. The van der Waals surface area contributed by atoms with Gasteiger partial charge in [-0.05, 0) is 115 Å². The van der Waals surface area contributed by atoms with Crippen molar-refractivity contribution in [2.45, 2.75) is 69.4 Å². The largest absolute Gasteiger partial charge is 0.473 e. The fourth-order valence-corrected chi connectivity index (χ4v) is 10.1. The first-order chi connectivity index (χ1) is 29.2. The smallest absolute Gasteiger partial charge is 0.265 e. The number of nitrogens with one attached hydrogen (secondary N) is 2. The molecule has 0 bridgehead atoms. The Morgan fingerprint density at radius 1 is 1.00 bits per heavy atom. The average molecular weight is 885 g/mol. The third-order valence-corrected chi connectivity index (χ3v) is 14.2. The number of rotatable bonds is 11. The number of carbonyl (C=O) groups excluding carboxylic acids is 1. The zero-order valence-electron chi connectivity index (χ0n) is 34.2.